The highest BCUT2D eigenvalue weighted by atomic mass is 32.2. The molecular formula is C19H21F3N2O3S. The van der Waals surface area contributed by atoms with Crippen molar-refractivity contribution in [2.24, 2.45) is 0 Å². The van der Waals surface area contributed by atoms with Crippen LogP contribution in [-0.2, 0) is 20.9 Å². The summed E-state index contributed by atoms with van der Waals surface area (Å²) in [5, 5.41) is 0. The Hall–Kier alpha value is -1.94. The van der Waals surface area contributed by atoms with Crippen molar-refractivity contribution in [3.8, 4) is 0 Å². The third-order valence-electron chi connectivity index (χ3n) is 4.52. The van der Waals surface area contributed by atoms with E-state index in [1.54, 1.807) is 24.3 Å². The topological polar surface area (TPSA) is 58.6 Å². The van der Waals surface area contributed by atoms with Crippen LogP contribution in [0, 0.1) is 0 Å². The zero-order valence-electron chi connectivity index (χ0n) is 15.0. The van der Waals surface area contributed by atoms with Gasteiger partial charge in [-0.2, -0.15) is 13.2 Å². The summed E-state index contributed by atoms with van der Waals surface area (Å²) < 4.78 is 72.4. The molecule has 0 aromatic heterocycles. The van der Waals surface area contributed by atoms with Gasteiger partial charge in [0, 0.05) is 19.6 Å². The minimum absolute atomic E-state index is 0.394. The lowest BCUT2D eigenvalue weighted by Gasteiger charge is -2.31. The number of sulfonamides is 1. The van der Waals surface area contributed by atoms with Crippen molar-refractivity contribution in [2.45, 2.75) is 17.1 Å². The van der Waals surface area contributed by atoms with E-state index in [1.807, 2.05) is 6.07 Å². The first-order valence-electron chi connectivity index (χ1n) is 8.80. The van der Waals surface area contributed by atoms with Crippen molar-refractivity contribution in [3.05, 3.63) is 65.7 Å². The minimum Gasteiger partial charge on any atom is -0.379 e. The van der Waals surface area contributed by atoms with Crippen LogP contribution in [0.1, 0.15) is 17.2 Å². The van der Waals surface area contributed by atoms with E-state index >= 15 is 0 Å². The van der Waals surface area contributed by atoms with Crippen LogP contribution in [0.2, 0.25) is 0 Å². The van der Waals surface area contributed by atoms with Crippen molar-refractivity contribution >= 4 is 10.0 Å². The van der Waals surface area contributed by atoms with Gasteiger partial charge < -0.3 is 4.74 Å². The van der Waals surface area contributed by atoms with E-state index in [2.05, 4.69) is 9.62 Å². The molecule has 5 nitrogen and oxygen atoms in total. The van der Waals surface area contributed by atoms with E-state index < -0.39 is 32.7 Å². The van der Waals surface area contributed by atoms with E-state index in [0.29, 0.717) is 38.9 Å². The normalized spacial score (nSPS) is 17.4. The molecule has 1 saturated heterocycles. The van der Waals surface area contributed by atoms with Crippen LogP contribution in [0.3, 0.4) is 0 Å². The Labute approximate surface area is 162 Å². The van der Waals surface area contributed by atoms with E-state index in [0.717, 1.165) is 23.8 Å². The number of halogens is 3. The van der Waals surface area contributed by atoms with Gasteiger partial charge in [-0.25, -0.2) is 13.1 Å². The van der Waals surface area contributed by atoms with Gasteiger partial charge in [-0.3, -0.25) is 4.90 Å². The van der Waals surface area contributed by atoms with Crippen molar-refractivity contribution in [3.63, 3.8) is 0 Å². The van der Waals surface area contributed by atoms with Crippen LogP contribution >= 0.6 is 0 Å². The third kappa shape index (κ3) is 5.32. The summed E-state index contributed by atoms with van der Waals surface area (Å²) in [5.41, 5.74) is -0.260. The van der Waals surface area contributed by atoms with Crippen LogP contribution in [0.15, 0.2) is 59.5 Å². The summed E-state index contributed by atoms with van der Waals surface area (Å²) >= 11 is 0. The number of alkyl halides is 3. The number of morpholine rings is 1. The molecule has 1 heterocycles. The first-order valence-corrected chi connectivity index (χ1v) is 10.3. The molecule has 0 saturated carbocycles. The van der Waals surface area contributed by atoms with Crippen molar-refractivity contribution < 1.29 is 26.3 Å². The molecule has 0 bridgehead atoms. The number of nitrogens with one attached hydrogen (secondary N) is 1. The second-order valence-corrected chi connectivity index (χ2v) is 8.24. The van der Waals surface area contributed by atoms with Gasteiger partial charge in [0.1, 0.15) is 0 Å². The van der Waals surface area contributed by atoms with Crippen LogP contribution in [0.5, 0.6) is 0 Å². The van der Waals surface area contributed by atoms with Crippen molar-refractivity contribution in [1.82, 2.24) is 9.62 Å². The molecule has 3 rings (SSSR count). The Balaban J connectivity index is 1.86. The van der Waals surface area contributed by atoms with Gasteiger partial charge in [-0.1, -0.05) is 36.4 Å². The quantitative estimate of drug-likeness (QED) is 0.790. The molecule has 0 spiro atoms. The molecule has 0 unspecified atom stereocenters. The maximum atomic E-state index is 13.0. The summed E-state index contributed by atoms with van der Waals surface area (Å²) in [6.07, 6.45) is -4.61. The number of hydrogen-bond acceptors (Lipinski definition) is 4. The fourth-order valence-corrected chi connectivity index (χ4v) is 4.29. The molecule has 152 valence electrons. The Morgan fingerprint density at radius 1 is 1.04 bits per heavy atom. The van der Waals surface area contributed by atoms with Crippen LogP contribution < -0.4 is 4.72 Å². The smallest absolute Gasteiger partial charge is 0.379 e. The van der Waals surface area contributed by atoms with Gasteiger partial charge in [0.25, 0.3) is 0 Å². The number of nitrogens with zero attached hydrogens (tertiary/aromatic N) is 1. The van der Waals surface area contributed by atoms with Gasteiger partial charge in [0.2, 0.25) is 10.0 Å². The molecule has 1 N–H and O–H groups in total. The summed E-state index contributed by atoms with van der Waals surface area (Å²) in [6.45, 7) is 2.83. The molecule has 2 aromatic carbocycles. The predicted molar refractivity (Wildman–Crippen MR) is 98.2 cm³/mol. The van der Waals surface area contributed by atoms with E-state index in [-0.39, 0.29) is 0 Å². The number of benzene rings is 2. The van der Waals surface area contributed by atoms with Gasteiger partial charge in [0.15, 0.2) is 0 Å². The highest BCUT2D eigenvalue weighted by Crippen LogP contribution is 2.30. The Morgan fingerprint density at radius 2 is 1.71 bits per heavy atom. The first-order chi connectivity index (χ1) is 13.3. The lowest BCUT2D eigenvalue weighted by Crippen LogP contribution is -2.43. The summed E-state index contributed by atoms with van der Waals surface area (Å²) in [6, 6.07) is 12.1. The van der Waals surface area contributed by atoms with Gasteiger partial charge in [-0.05, 0) is 23.8 Å². The molecule has 0 aliphatic carbocycles. The minimum atomic E-state index is -4.61. The van der Waals surface area contributed by atoms with E-state index in [4.69, 9.17) is 4.74 Å². The molecule has 9 heteroatoms. The number of ether oxygens (including phenoxy) is 1. The number of rotatable bonds is 6. The van der Waals surface area contributed by atoms with Crippen molar-refractivity contribution in [2.75, 3.05) is 32.8 Å². The summed E-state index contributed by atoms with van der Waals surface area (Å²) in [7, 11) is -4.15. The molecule has 0 amide bonds. The van der Waals surface area contributed by atoms with E-state index in [1.165, 1.54) is 0 Å². The fourth-order valence-electron chi connectivity index (χ4n) is 3.03. The van der Waals surface area contributed by atoms with Crippen LogP contribution in [0.4, 0.5) is 13.2 Å². The molecule has 1 aliphatic rings. The van der Waals surface area contributed by atoms with Crippen molar-refractivity contribution in [1.29, 1.82) is 0 Å². The average molecular weight is 414 g/mol. The highest BCUT2D eigenvalue weighted by molar-refractivity contribution is 7.89. The average Bonchev–Trinajstić information content (AvgIpc) is 2.68. The van der Waals surface area contributed by atoms with Gasteiger partial charge in [0.05, 0.1) is 29.7 Å². The lowest BCUT2D eigenvalue weighted by atomic mass is 10.1. The maximum Gasteiger partial charge on any atom is 0.416 e. The molecule has 0 radical (unpaired) electrons. The monoisotopic (exact) mass is 414 g/mol. The summed E-state index contributed by atoms with van der Waals surface area (Å²) in [4.78, 5) is 1.65. The Kier molecular flexibility index (Phi) is 6.39. The SMILES string of the molecule is O=S(=O)(N[C@@H](CN1CCOCC1)c1ccccc1)c1cccc(C(F)(F)F)c1. The first kappa shape index (κ1) is 20.8. The zero-order chi connectivity index (χ0) is 20.2. The lowest BCUT2D eigenvalue weighted by molar-refractivity contribution is -0.137. The van der Waals surface area contributed by atoms with Gasteiger partial charge >= 0.3 is 6.18 Å². The molecule has 28 heavy (non-hydrogen) atoms. The molecule has 2 aromatic rings. The zero-order valence-corrected chi connectivity index (χ0v) is 15.8. The summed E-state index contributed by atoms with van der Waals surface area (Å²) in [5.74, 6) is 0. The second kappa shape index (κ2) is 8.60. The van der Waals surface area contributed by atoms with E-state index in [9.17, 15) is 21.6 Å². The highest BCUT2D eigenvalue weighted by Gasteiger charge is 2.32. The van der Waals surface area contributed by atoms with Crippen LogP contribution in [-0.4, -0.2) is 46.2 Å². The largest absolute Gasteiger partial charge is 0.416 e. The molecule has 1 aliphatic heterocycles. The Morgan fingerprint density at radius 3 is 2.36 bits per heavy atom. The molecular weight excluding hydrogens is 393 g/mol. The van der Waals surface area contributed by atoms with Gasteiger partial charge in [-0.15, -0.1) is 0 Å². The third-order valence-corrected chi connectivity index (χ3v) is 5.98. The second-order valence-electron chi connectivity index (χ2n) is 6.52. The Bertz CT molecular complexity index is 883. The molecule has 1 fully saturated rings. The predicted octanol–water partition coefficient (Wildman–Crippen LogP) is 3.06. The number of hydrogen-bond donors (Lipinski definition) is 1. The fraction of sp³-hybridized carbons (Fsp3) is 0.368. The maximum absolute atomic E-state index is 13.0. The molecule has 1 atom stereocenters. The van der Waals surface area contributed by atoms with Crippen LogP contribution in [0.25, 0.3) is 0 Å². The standard InChI is InChI=1S/C19H21F3N2O3S/c20-19(21,22)16-7-4-8-17(13-16)28(25,26)23-18(15-5-2-1-3-6-15)14-24-9-11-27-12-10-24/h1-8,13,18,23H,9-12,14H2/t18-/m0/s1.